The number of benzene rings is 1. The summed E-state index contributed by atoms with van der Waals surface area (Å²) in [6.45, 7) is 4.09. The molecule has 38 heavy (non-hydrogen) atoms. The highest BCUT2D eigenvalue weighted by molar-refractivity contribution is 7.52. The maximum absolute atomic E-state index is 15.6. The van der Waals surface area contributed by atoms with Crippen LogP contribution in [0.3, 0.4) is 0 Å². The maximum atomic E-state index is 15.6. The molecule has 1 aromatic carbocycles. The Balaban J connectivity index is 1.51. The number of aliphatic hydroxyl groups excluding tert-OH is 1. The maximum Gasteiger partial charge on any atom is 0.459 e. The summed E-state index contributed by atoms with van der Waals surface area (Å²) >= 11 is 6.11. The lowest BCUT2D eigenvalue weighted by Crippen LogP contribution is -2.43. The van der Waals surface area contributed by atoms with Crippen molar-refractivity contribution in [3.63, 3.8) is 0 Å². The number of hydrogen-bond donors (Lipinski definition) is 3. The van der Waals surface area contributed by atoms with Crippen LogP contribution < -0.4 is 21.0 Å². The smallest absolute Gasteiger partial charge is 0.459 e. The highest BCUT2D eigenvalue weighted by Gasteiger charge is 2.78. The lowest BCUT2D eigenvalue weighted by Gasteiger charge is -2.25. The van der Waals surface area contributed by atoms with Crippen LogP contribution in [0.1, 0.15) is 33.2 Å². The highest BCUT2D eigenvalue weighted by Crippen LogP contribution is 2.65. The Labute approximate surface area is 222 Å². The fraction of sp³-hybridized carbons (Fsp3) is 0.522. The van der Waals surface area contributed by atoms with E-state index in [1.807, 2.05) is 0 Å². The van der Waals surface area contributed by atoms with Gasteiger partial charge in [0.05, 0.1) is 18.8 Å². The van der Waals surface area contributed by atoms with Crippen LogP contribution >= 0.6 is 19.3 Å². The largest absolute Gasteiger partial charge is 0.462 e. The number of nitrogens with zero attached hydrogens (tertiary/aromatic N) is 2. The number of anilines is 1. The summed E-state index contributed by atoms with van der Waals surface area (Å²) in [6, 6.07) is 7.40. The van der Waals surface area contributed by atoms with Crippen molar-refractivity contribution in [3.8, 4) is 5.75 Å². The van der Waals surface area contributed by atoms with Crippen molar-refractivity contribution < 1.29 is 37.4 Å². The molecule has 2 aromatic rings. The van der Waals surface area contributed by atoms with Crippen molar-refractivity contribution >= 4 is 31.1 Å². The number of nitrogen functional groups attached to an aromatic ring is 1. The van der Waals surface area contributed by atoms with Crippen molar-refractivity contribution in [2.45, 2.75) is 68.3 Å². The van der Waals surface area contributed by atoms with Gasteiger partial charge < -0.3 is 24.8 Å². The van der Waals surface area contributed by atoms with Gasteiger partial charge in [-0.15, -0.1) is 0 Å². The van der Waals surface area contributed by atoms with Crippen LogP contribution in [0.4, 0.5) is 10.2 Å². The van der Waals surface area contributed by atoms with Gasteiger partial charge in [-0.3, -0.25) is 13.9 Å². The Morgan fingerprint density at radius 1 is 1.37 bits per heavy atom. The molecule has 2 heterocycles. The fourth-order valence-corrected chi connectivity index (χ4v) is 6.12. The van der Waals surface area contributed by atoms with E-state index in [4.69, 9.17) is 35.9 Å². The lowest BCUT2D eigenvalue weighted by atomic mass is 10.1. The zero-order valence-corrected chi connectivity index (χ0v) is 22.5. The van der Waals surface area contributed by atoms with Gasteiger partial charge in [0.25, 0.3) is 0 Å². The number of rotatable bonds is 10. The molecular formula is C23H29ClFN4O8P. The number of aliphatic hydroxyl groups is 1. The van der Waals surface area contributed by atoms with Crippen LogP contribution in [-0.4, -0.2) is 62.3 Å². The molecule has 7 atom stereocenters. The molecule has 2 aliphatic rings. The Bertz CT molecular complexity index is 1280. The van der Waals surface area contributed by atoms with Gasteiger partial charge in [-0.25, -0.2) is 13.8 Å². The molecule has 208 valence electrons. The van der Waals surface area contributed by atoms with Gasteiger partial charge in [0.1, 0.15) is 35.4 Å². The number of aromatic nitrogens is 2. The SMILES string of the molecule is CC(C)OC(=O)[C@H](C)N[P@@](=O)(OCC1OC2(CC2n2ccc(N)nc2=O)[C@](F)(Cl)[C@@H]1O)Oc1ccccc1. The molecule has 15 heteroatoms. The molecule has 0 amide bonds. The first-order chi connectivity index (χ1) is 17.8. The molecule has 0 bridgehead atoms. The van der Waals surface area contributed by atoms with E-state index in [0.717, 1.165) is 4.57 Å². The molecule has 2 fully saturated rings. The highest BCUT2D eigenvalue weighted by atomic mass is 35.5. The van der Waals surface area contributed by atoms with Crippen LogP contribution in [0, 0.1) is 0 Å². The number of esters is 1. The van der Waals surface area contributed by atoms with Crippen molar-refractivity contribution in [1.82, 2.24) is 14.6 Å². The molecule has 3 unspecified atom stereocenters. The zero-order valence-electron chi connectivity index (χ0n) is 20.8. The third kappa shape index (κ3) is 5.58. The van der Waals surface area contributed by atoms with E-state index in [-0.39, 0.29) is 18.0 Å². The number of nitrogens with two attached hydrogens (primary N) is 1. The van der Waals surface area contributed by atoms with Crippen LogP contribution in [0.2, 0.25) is 0 Å². The molecule has 4 N–H and O–H groups in total. The molecule has 0 radical (unpaired) electrons. The van der Waals surface area contributed by atoms with Crippen molar-refractivity contribution in [2.75, 3.05) is 12.3 Å². The average molecular weight is 575 g/mol. The predicted molar refractivity (Wildman–Crippen MR) is 134 cm³/mol. The number of carbonyl (C=O) groups excluding carboxylic acids is 1. The van der Waals surface area contributed by atoms with Crippen LogP contribution in [-0.2, 0) is 23.4 Å². The molecular weight excluding hydrogens is 546 g/mol. The molecule has 1 saturated carbocycles. The molecule has 1 spiro atoms. The number of hydrogen-bond acceptors (Lipinski definition) is 10. The molecule has 1 aromatic heterocycles. The van der Waals surface area contributed by atoms with Crippen molar-refractivity contribution in [2.24, 2.45) is 0 Å². The third-order valence-corrected chi connectivity index (χ3v) is 8.33. The Kier molecular flexibility index (Phi) is 7.91. The minimum Gasteiger partial charge on any atom is -0.462 e. The van der Waals surface area contributed by atoms with E-state index in [9.17, 15) is 19.3 Å². The number of nitrogens with one attached hydrogen (secondary N) is 1. The summed E-state index contributed by atoms with van der Waals surface area (Å²) in [5.41, 5.74) is 3.02. The first-order valence-corrected chi connectivity index (χ1v) is 13.8. The predicted octanol–water partition coefficient (Wildman–Crippen LogP) is 2.31. The van der Waals surface area contributed by atoms with E-state index < -0.39 is 67.1 Å². The van der Waals surface area contributed by atoms with Crippen molar-refractivity contribution in [3.05, 3.63) is 53.1 Å². The van der Waals surface area contributed by atoms with Gasteiger partial charge in [-0.1, -0.05) is 29.8 Å². The van der Waals surface area contributed by atoms with Crippen LogP contribution in [0.5, 0.6) is 5.75 Å². The molecule has 1 aliphatic carbocycles. The summed E-state index contributed by atoms with van der Waals surface area (Å²) in [7, 11) is -4.31. The van der Waals surface area contributed by atoms with Gasteiger partial charge in [-0.2, -0.15) is 10.1 Å². The molecule has 1 saturated heterocycles. The number of ether oxygens (including phenoxy) is 2. The minimum atomic E-state index is -4.31. The first kappa shape index (κ1) is 28.5. The second-order valence-corrected chi connectivity index (χ2v) is 11.7. The number of para-hydroxylation sites is 1. The van der Waals surface area contributed by atoms with E-state index in [0.29, 0.717) is 0 Å². The first-order valence-electron chi connectivity index (χ1n) is 11.8. The second kappa shape index (κ2) is 10.6. The number of halogens is 2. The van der Waals surface area contributed by atoms with Gasteiger partial charge in [0, 0.05) is 12.6 Å². The van der Waals surface area contributed by atoms with E-state index in [2.05, 4.69) is 10.1 Å². The summed E-state index contributed by atoms with van der Waals surface area (Å²) in [4.78, 5) is 28.2. The lowest BCUT2D eigenvalue weighted by molar-refractivity contribution is -0.149. The number of alkyl halides is 2. The number of carbonyl (C=O) groups is 1. The van der Waals surface area contributed by atoms with Gasteiger partial charge in [-0.05, 0) is 39.0 Å². The fourth-order valence-electron chi connectivity index (χ4n) is 4.23. The van der Waals surface area contributed by atoms with Gasteiger partial charge in [0.15, 0.2) is 0 Å². The van der Waals surface area contributed by atoms with E-state index >= 15 is 4.39 Å². The normalized spacial score (nSPS) is 30.7. The Hall–Kier alpha value is -2.54. The van der Waals surface area contributed by atoms with Crippen LogP contribution in [0.15, 0.2) is 47.4 Å². The molecule has 1 aliphatic heterocycles. The van der Waals surface area contributed by atoms with Gasteiger partial charge >= 0.3 is 19.4 Å². The van der Waals surface area contributed by atoms with E-state index in [1.165, 1.54) is 31.3 Å². The molecule has 12 nitrogen and oxygen atoms in total. The minimum absolute atomic E-state index is 0.00911. The zero-order chi connectivity index (χ0) is 27.9. The Morgan fingerprint density at radius 2 is 2.05 bits per heavy atom. The standard InChI is InChI=1S/C23H29ClFN4O8P/c1-13(2)35-20(31)14(3)28-38(33,37-15-7-5-4-6-8-15)34-12-16-19(30)23(24,25)22(36-16)11-17(22)29-10-9-18(26)27-21(29)32/h4-10,13-14,16-17,19,30H,11-12H2,1-3H3,(H,28,33)(H2,26,27,32)/t14-,16?,17?,19+,22?,23-,38+/m0/s1. The summed E-state index contributed by atoms with van der Waals surface area (Å²) in [5.74, 6) is -0.555. The van der Waals surface area contributed by atoms with Gasteiger partial charge in [0.2, 0.25) is 5.13 Å². The quantitative estimate of drug-likeness (QED) is 0.217. The summed E-state index contributed by atoms with van der Waals surface area (Å²) < 4.78 is 52.4. The summed E-state index contributed by atoms with van der Waals surface area (Å²) in [5, 5.41) is 10.4. The average Bonchev–Trinajstić information content (AvgIpc) is 3.52. The molecule has 4 rings (SSSR count). The van der Waals surface area contributed by atoms with Crippen LogP contribution in [0.25, 0.3) is 0 Å². The van der Waals surface area contributed by atoms with Crippen molar-refractivity contribution in [1.29, 1.82) is 0 Å². The monoisotopic (exact) mass is 574 g/mol. The topological polar surface area (TPSA) is 164 Å². The third-order valence-electron chi connectivity index (χ3n) is 6.15. The van der Waals surface area contributed by atoms with E-state index in [1.54, 1.807) is 32.0 Å². The second-order valence-electron chi connectivity index (χ2n) is 9.41. The Morgan fingerprint density at radius 3 is 2.68 bits per heavy atom. The summed E-state index contributed by atoms with van der Waals surface area (Å²) in [6.07, 6.45) is -2.44.